The molecule has 1 saturated heterocycles. The molecule has 5 heteroatoms. The third-order valence-corrected chi connectivity index (χ3v) is 5.19. The summed E-state index contributed by atoms with van der Waals surface area (Å²) in [7, 11) is 0. The number of aliphatic hydroxyl groups excluding tert-OH is 1. The lowest BCUT2D eigenvalue weighted by atomic mass is 9.99. The van der Waals surface area contributed by atoms with Crippen molar-refractivity contribution in [3.63, 3.8) is 0 Å². The SMILES string of the molecule is CC1CCN(CC(O)CNC2CCCOc3ccc(F)cc32)CC1. The normalized spacial score (nSPS) is 24.0. The number of hydrogen-bond donors (Lipinski definition) is 2. The molecule has 0 bridgehead atoms. The molecule has 2 aliphatic heterocycles. The van der Waals surface area contributed by atoms with Crippen molar-refractivity contribution < 1.29 is 14.2 Å². The van der Waals surface area contributed by atoms with Crippen molar-refractivity contribution in [1.29, 1.82) is 0 Å². The molecule has 0 radical (unpaired) electrons. The molecule has 1 fully saturated rings. The van der Waals surface area contributed by atoms with Crippen LogP contribution in [0.15, 0.2) is 18.2 Å². The van der Waals surface area contributed by atoms with E-state index >= 15 is 0 Å². The smallest absolute Gasteiger partial charge is 0.124 e. The molecule has 2 N–H and O–H groups in total. The molecular formula is C19H29FN2O2. The van der Waals surface area contributed by atoms with E-state index in [1.807, 2.05) is 0 Å². The molecule has 2 heterocycles. The number of nitrogens with one attached hydrogen (secondary N) is 1. The second kappa shape index (κ2) is 8.28. The van der Waals surface area contributed by atoms with Crippen molar-refractivity contribution in [2.45, 2.75) is 44.8 Å². The Kier molecular flexibility index (Phi) is 6.09. The van der Waals surface area contributed by atoms with Gasteiger partial charge in [0.15, 0.2) is 0 Å². The minimum absolute atomic E-state index is 0.0363. The van der Waals surface area contributed by atoms with Gasteiger partial charge in [0.05, 0.1) is 12.7 Å². The third-order valence-electron chi connectivity index (χ3n) is 5.19. The van der Waals surface area contributed by atoms with Crippen molar-refractivity contribution in [3.05, 3.63) is 29.6 Å². The minimum atomic E-state index is -0.403. The minimum Gasteiger partial charge on any atom is -0.493 e. The highest BCUT2D eigenvalue weighted by atomic mass is 19.1. The maximum Gasteiger partial charge on any atom is 0.124 e. The number of halogens is 1. The van der Waals surface area contributed by atoms with Gasteiger partial charge in [0, 0.05) is 24.7 Å². The molecule has 0 saturated carbocycles. The number of piperidine rings is 1. The first kappa shape index (κ1) is 17.6. The molecule has 4 nitrogen and oxygen atoms in total. The summed E-state index contributed by atoms with van der Waals surface area (Å²) in [5.74, 6) is 1.31. The number of hydrogen-bond acceptors (Lipinski definition) is 4. The number of likely N-dealkylation sites (tertiary alicyclic amines) is 1. The zero-order chi connectivity index (χ0) is 16.9. The van der Waals surface area contributed by atoms with Gasteiger partial charge >= 0.3 is 0 Å². The van der Waals surface area contributed by atoms with Crippen molar-refractivity contribution in [2.24, 2.45) is 5.92 Å². The van der Waals surface area contributed by atoms with Gasteiger partial charge in [-0.15, -0.1) is 0 Å². The second-order valence-electron chi connectivity index (χ2n) is 7.27. The fourth-order valence-corrected chi connectivity index (χ4v) is 3.65. The number of ether oxygens (including phenoxy) is 1. The van der Waals surface area contributed by atoms with Crippen LogP contribution in [0.1, 0.15) is 44.2 Å². The molecule has 1 aromatic rings. The van der Waals surface area contributed by atoms with E-state index in [0.29, 0.717) is 19.7 Å². The van der Waals surface area contributed by atoms with Crippen LogP contribution in [0.3, 0.4) is 0 Å². The third kappa shape index (κ3) is 4.68. The van der Waals surface area contributed by atoms with E-state index in [1.54, 1.807) is 12.1 Å². The van der Waals surface area contributed by atoms with Crippen LogP contribution < -0.4 is 10.1 Å². The van der Waals surface area contributed by atoms with Crippen molar-refractivity contribution in [1.82, 2.24) is 10.2 Å². The summed E-state index contributed by atoms with van der Waals surface area (Å²) in [5, 5.41) is 13.8. The van der Waals surface area contributed by atoms with Crippen LogP contribution in [0.2, 0.25) is 0 Å². The van der Waals surface area contributed by atoms with E-state index in [0.717, 1.165) is 43.2 Å². The molecule has 0 amide bonds. The Morgan fingerprint density at radius 1 is 1.33 bits per heavy atom. The molecule has 0 spiro atoms. The van der Waals surface area contributed by atoms with E-state index in [2.05, 4.69) is 17.1 Å². The van der Waals surface area contributed by atoms with Crippen molar-refractivity contribution in [2.75, 3.05) is 32.8 Å². The van der Waals surface area contributed by atoms with E-state index in [9.17, 15) is 9.50 Å². The van der Waals surface area contributed by atoms with Crippen LogP contribution in [0.4, 0.5) is 4.39 Å². The second-order valence-corrected chi connectivity index (χ2v) is 7.27. The average molecular weight is 336 g/mol. The van der Waals surface area contributed by atoms with Gasteiger partial charge in [-0.25, -0.2) is 4.39 Å². The molecule has 3 rings (SSSR count). The molecule has 2 unspecified atom stereocenters. The standard InChI is InChI=1S/C19H29FN2O2/c1-14-6-8-22(9-7-14)13-16(23)12-21-18-3-2-10-24-19-5-4-15(20)11-17(18)19/h4-5,11,14,16,18,21,23H,2-3,6-10,12-13H2,1H3. The van der Waals surface area contributed by atoms with Crippen LogP contribution in [-0.2, 0) is 0 Å². The lowest BCUT2D eigenvalue weighted by Crippen LogP contribution is -2.42. The first-order valence-corrected chi connectivity index (χ1v) is 9.18. The number of benzene rings is 1. The number of β-amino-alcohol motifs (C(OH)–C–C–N with tert-alkyl or cyclic N) is 1. The number of rotatable bonds is 5. The summed E-state index contributed by atoms with van der Waals surface area (Å²) in [6.45, 7) is 6.32. The zero-order valence-corrected chi connectivity index (χ0v) is 14.5. The van der Waals surface area contributed by atoms with E-state index < -0.39 is 6.10 Å². The predicted molar refractivity (Wildman–Crippen MR) is 92.7 cm³/mol. The topological polar surface area (TPSA) is 44.7 Å². The highest BCUT2D eigenvalue weighted by Crippen LogP contribution is 2.32. The summed E-state index contributed by atoms with van der Waals surface area (Å²) < 4.78 is 19.3. The number of fused-ring (bicyclic) bond motifs is 1. The molecule has 134 valence electrons. The Bertz CT molecular complexity index is 532. The van der Waals surface area contributed by atoms with Crippen LogP contribution in [-0.4, -0.2) is 48.9 Å². The van der Waals surface area contributed by atoms with E-state index in [4.69, 9.17) is 4.74 Å². The Labute approximate surface area is 144 Å². The number of nitrogens with zero attached hydrogens (tertiary/aromatic N) is 1. The van der Waals surface area contributed by atoms with Crippen molar-refractivity contribution in [3.8, 4) is 5.75 Å². The maximum absolute atomic E-state index is 13.6. The fraction of sp³-hybridized carbons (Fsp3) is 0.684. The molecule has 24 heavy (non-hydrogen) atoms. The predicted octanol–water partition coefficient (Wildman–Crippen LogP) is 2.72. The Hall–Kier alpha value is -1.17. The quantitative estimate of drug-likeness (QED) is 0.868. The molecule has 2 atom stereocenters. The molecule has 0 aliphatic carbocycles. The van der Waals surface area contributed by atoms with Crippen LogP contribution in [0.25, 0.3) is 0 Å². The summed E-state index contributed by atoms with van der Waals surface area (Å²) >= 11 is 0. The van der Waals surface area contributed by atoms with Crippen molar-refractivity contribution >= 4 is 0 Å². The Morgan fingerprint density at radius 3 is 2.92 bits per heavy atom. The van der Waals surface area contributed by atoms with Crippen LogP contribution >= 0.6 is 0 Å². The largest absolute Gasteiger partial charge is 0.493 e. The monoisotopic (exact) mass is 336 g/mol. The fourth-order valence-electron chi connectivity index (χ4n) is 3.65. The first-order valence-electron chi connectivity index (χ1n) is 9.18. The van der Waals surface area contributed by atoms with Crippen LogP contribution in [0, 0.1) is 11.7 Å². The lowest BCUT2D eigenvalue weighted by molar-refractivity contribution is 0.0885. The lowest BCUT2D eigenvalue weighted by Gasteiger charge is -2.32. The average Bonchev–Trinajstić information content (AvgIpc) is 2.77. The van der Waals surface area contributed by atoms with Gasteiger partial charge in [-0.3, -0.25) is 0 Å². The molecule has 1 aromatic carbocycles. The highest BCUT2D eigenvalue weighted by Gasteiger charge is 2.22. The van der Waals surface area contributed by atoms with Crippen LogP contribution in [0.5, 0.6) is 5.75 Å². The highest BCUT2D eigenvalue weighted by molar-refractivity contribution is 5.37. The molecular weight excluding hydrogens is 307 g/mol. The van der Waals surface area contributed by atoms with Gasteiger partial charge < -0.3 is 20.1 Å². The van der Waals surface area contributed by atoms with Gasteiger partial charge in [-0.05, 0) is 62.9 Å². The van der Waals surface area contributed by atoms with Gasteiger partial charge in [-0.2, -0.15) is 0 Å². The van der Waals surface area contributed by atoms with E-state index in [-0.39, 0.29) is 11.9 Å². The Morgan fingerprint density at radius 2 is 2.12 bits per heavy atom. The van der Waals surface area contributed by atoms with Gasteiger partial charge in [0.25, 0.3) is 0 Å². The summed E-state index contributed by atoms with van der Waals surface area (Å²) in [5.41, 5.74) is 0.867. The first-order chi connectivity index (χ1) is 11.6. The molecule has 2 aliphatic rings. The zero-order valence-electron chi connectivity index (χ0n) is 14.5. The molecule has 0 aromatic heterocycles. The summed E-state index contributed by atoms with van der Waals surface area (Å²) in [6.07, 6.45) is 3.84. The van der Waals surface area contributed by atoms with Gasteiger partial charge in [-0.1, -0.05) is 6.92 Å². The van der Waals surface area contributed by atoms with Gasteiger partial charge in [0.2, 0.25) is 0 Å². The van der Waals surface area contributed by atoms with E-state index in [1.165, 1.54) is 18.9 Å². The maximum atomic E-state index is 13.6. The van der Waals surface area contributed by atoms with Gasteiger partial charge in [0.1, 0.15) is 11.6 Å². The Balaban J connectivity index is 1.53. The summed E-state index contributed by atoms with van der Waals surface area (Å²) in [4.78, 5) is 2.34. The number of aliphatic hydroxyl groups is 1. The summed E-state index contributed by atoms with van der Waals surface area (Å²) in [6, 6.07) is 4.73.